The van der Waals surface area contributed by atoms with Crippen LogP contribution in [-0.2, 0) is 4.79 Å². The molecule has 4 aliphatic carbocycles. The van der Waals surface area contributed by atoms with Crippen LogP contribution in [0.1, 0.15) is 87.1 Å². The molecule has 0 aliphatic heterocycles. The van der Waals surface area contributed by atoms with Gasteiger partial charge in [0.2, 0.25) is 5.91 Å². The van der Waals surface area contributed by atoms with Crippen molar-refractivity contribution in [2.75, 3.05) is 0 Å². The number of hydrogen-bond donors (Lipinski definition) is 1. The quantitative estimate of drug-likeness (QED) is 0.444. The molecule has 1 N–H and O–H groups in total. The molecule has 0 bridgehead atoms. The van der Waals surface area contributed by atoms with E-state index < -0.39 is 0 Å². The number of allylic oxidation sites excluding steroid dienone is 4. The van der Waals surface area contributed by atoms with Crippen LogP contribution in [0.5, 0.6) is 0 Å². The summed E-state index contributed by atoms with van der Waals surface area (Å²) in [5.41, 5.74) is 7.29. The molecule has 4 aliphatic rings. The summed E-state index contributed by atoms with van der Waals surface area (Å²) in [5, 5.41) is 13.0. The first-order valence-corrected chi connectivity index (χ1v) is 15.0. The van der Waals surface area contributed by atoms with Crippen molar-refractivity contribution >= 4 is 5.91 Å². The predicted octanol–water partition coefficient (Wildman–Crippen LogP) is 8.15. The van der Waals surface area contributed by atoms with Gasteiger partial charge in [-0.25, -0.2) is 0 Å². The smallest absolute Gasteiger partial charge is 0.224 e. The first kappa shape index (κ1) is 26.1. The van der Waals surface area contributed by atoms with E-state index in [1.165, 1.54) is 23.1 Å². The first-order valence-electron chi connectivity index (χ1n) is 15.0. The van der Waals surface area contributed by atoms with E-state index in [2.05, 4.69) is 99.8 Å². The highest BCUT2D eigenvalue weighted by Crippen LogP contribution is 2.66. The molecule has 0 heterocycles. The number of hydrogen-bond acceptors (Lipinski definition) is 2. The molecule has 202 valence electrons. The van der Waals surface area contributed by atoms with Crippen LogP contribution in [-0.4, -0.2) is 5.91 Å². The van der Waals surface area contributed by atoms with Gasteiger partial charge in [-0.2, -0.15) is 5.26 Å². The fourth-order valence-electron chi connectivity index (χ4n) is 8.96. The van der Waals surface area contributed by atoms with E-state index in [-0.39, 0.29) is 28.7 Å². The third kappa shape index (κ3) is 4.37. The standard InChI is InChI=1S/C36H42N2O/c1-23-5-9-26(10-6-23)33(27-11-7-24(2)8-12-27)38-34(39)32-16-15-30-29-14-13-28-21-25(22-37)17-19-35(28,3)31(29)18-20-36(30,32)4/h5-13,21,29-33H,14-20H2,1-4H3,(H,38,39)/t29-,30-,31-,32+,35-,36-/m0/s1. The molecule has 1 amide bonds. The molecule has 39 heavy (non-hydrogen) atoms. The van der Waals surface area contributed by atoms with E-state index in [4.69, 9.17) is 0 Å². The minimum absolute atomic E-state index is 0.0420. The molecular weight excluding hydrogens is 476 g/mol. The fourth-order valence-corrected chi connectivity index (χ4v) is 8.96. The largest absolute Gasteiger partial charge is 0.345 e. The van der Waals surface area contributed by atoms with E-state index in [1.807, 2.05) is 0 Å². The molecule has 6 atom stereocenters. The number of amides is 1. The Morgan fingerprint density at radius 1 is 0.923 bits per heavy atom. The lowest BCUT2D eigenvalue weighted by Crippen LogP contribution is -2.51. The van der Waals surface area contributed by atoms with Crippen LogP contribution in [0.4, 0.5) is 0 Å². The molecule has 2 aromatic rings. The molecular formula is C36H42N2O. The highest BCUT2D eigenvalue weighted by Gasteiger charge is 2.59. The van der Waals surface area contributed by atoms with Crippen LogP contribution in [0.3, 0.4) is 0 Å². The number of rotatable bonds is 4. The monoisotopic (exact) mass is 518 g/mol. The van der Waals surface area contributed by atoms with Gasteiger partial charge in [0.15, 0.2) is 0 Å². The summed E-state index contributed by atoms with van der Waals surface area (Å²) >= 11 is 0. The highest BCUT2D eigenvalue weighted by atomic mass is 16.2. The Labute approximate surface area is 234 Å². The van der Waals surface area contributed by atoms with Gasteiger partial charge >= 0.3 is 0 Å². The summed E-state index contributed by atoms with van der Waals surface area (Å²) < 4.78 is 0. The zero-order valence-electron chi connectivity index (χ0n) is 24.0. The highest BCUT2D eigenvalue weighted by molar-refractivity contribution is 5.81. The molecule has 2 fully saturated rings. The Bertz CT molecular complexity index is 1310. The predicted molar refractivity (Wildman–Crippen MR) is 157 cm³/mol. The summed E-state index contributed by atoms with van der Waals surface area (Å²) in [7, 11) is 0. The lowest BCUT2D eigenvalue weighted by atomic mass is 9.48. The number of aryl methyl sites for hydroxylation is 2. The van der Waals surface area contributed by atoms with Gasteiger partial charge in [-0.15, -0.1) is 0 Å². The number of benzene rings is 2. The number of carbonyl (C=O) groups excluding carboxylic acids is 1. The van der Waals surface area contributed by atoms with Gasteiger partial charge in [0.05, 0.1) is 12.1 Å². The van der Waals surface area contributed by atoms with Crippen LogP contribution < -0.4 is 5.32 Å². The lowest BCUT2D eigenvalue weighted by molar-refractivity contribution is -0.132. The second-order valence-corrected chi connectivity index (χ2v) is 13.4. The van der Waals surface area contributed by atoms with E-state index in [1.54, 1.807) is 0 Å². The third-order valence-electron chi connectivity index (χ3n) is 11.3. The second-order valence-electron chi connectivity index (χ2n) is 13.4. The molecule has 2 saturated carbocycles. The zero-order chi connectivity index (χ0) is 27.4. The van der Waals surface area contributed by atoms with Gasteiger partial charge in [0.1, 0.15) is 0 Å². The van der Waals surface area contributed by atoms with Crippen LogP contribution in [0, 0.1) is 59.7 Å². The fraction of sp³-hybridized carbons (Fsp3) is 0.500. The van der Waals surface area contributed by atoms with E-state index in [9.17, 15) is 10.1 Å². The Kier molecular flexibility index (Phi) is 6.57. The number of nitrogens with one attached hydrogen (secondary N) is 1. The molecule has 3 nitrogen and oxygen atoms in total. The van der Waals surface area contributed by atoms with Crippen molar-refractivity contribution in [2.45, 2.75) is 78.7 Å². The normalized spacial score (nSPS) is 33.2. The van der Waals surface area contributed by atoms with Gasteiger partial charge in [-0.05, 0) is 110 Å². The maximum atomic E-state index is 14.2. The molecule has 0 spiro atoms. The lowest BCUT2D eigenvalue weighted by Gasteiger charge is -2.56. The Morgan fingerprint density at radius 3 is 2.18 bits per heavy atom. The van der Waals surface area contributed by atoms with Crippen LogP contribution in [0.15, 0.2) is 71.8 Å². The minimum Gasteiger partial charge on any atom is -0.345 e. The molecule has 0 saturated heterocycles. The van der Waals surface area contributed by atoms with Crippen molar-refractivity contribution < 1.29 is 4.79 Å². The van der Waals surface area contributed by atoms with Gasteiger partial charge < -0.3 is 5.32 Å². The molecule has 0 radical (unpaired) electrons. The number of nitriles is 1. The van der Waals surface area contributed by atoms with Crippen LogP contribution in [0.2, 0.25) is 0 Å². The number of nitrogens with zero attached hydrogens (tertiary/aromatic N) is 1. The zero-order valence-corrected chi connectivity index (χ0v) is 24.0. The summed E-state index contributed by atoms with van der Waals surface area (Å²) in [5.74, 6) is 2.15. The van der Waals surface area contributed by atoms with Crippen LogP contribution in [0.25, 0.3) is 0 Å². The topological polar surface area (TPSA) is 52.9 Å². The van der Waals surface area contributed by atoms with Gasteiger partial charge in [0.25, 0.3) is 0 Å². The van der Waals surface area contributed by atoms with Crippen molar-refractivity contribution in [3.05, 3.63) is 94.1 Å². The van der Waals surface area contributed by atoms with Crippen molar-refractivity contribution in [3.63, 3.8) is 0 Å². The summed E-state index contributed by atoms with van der Waals surface area (Å²) in [4.78, 5) is 14.2. The Balaban J connectivity index is 1.25. The van der Waals surface area contributed by atoms with E-state index >= 15 is 0 Å². The molecule has 2 aromatic carbocycles. The minimum atomic E-state index is -0.139. The van der Waals surface area contributed by atoms with Gasteiger partial charge in [-0.1, -0.05) is 79.6 Å². The summed E-state index contributed by atoms with van der Waals surface area (Å²) in [6, 6.07) is 19.5. The van der Waals surface area contributed by atoms with Crippen molar-refractivity contribution in [3.8, 4) is 6.07 Å². The van der Waals surface area contributed by atoms with Crippen molar-refractivity contribution in [2.24, 2.45) is 34.5 Å². The maximum Gasteiger partial charge on any atom is 0.224 e. The van der Waals surface area contributed by atoms with Crippen molar-refractivity contribution in [1.29, 1.82) is 5.26 Å². The SMILES string of the molecule is Cc1ccc(C(NC(=O)[C@H]2CC[C@H]3[C@@H]4CC=C5C=C(C#N)CC[C@]5(C)[C@H]4CC[C@]23C)c2ccc(C)cc2)cc1. The van der Waals surface area contributed by atoms with Crippen LogP contribution >= 0.6 is 0 Å². The summed E-state index contributed by atoms with van der Waals surface area (Å²) in [6.07, 6.45) is 12.1. The number of carbonyl (C=O) groups is 1. The Morgan fingerprint density at radius 2 is 1.56 bits per heavy atom. The van der Waals surface area contributed by atoms with Gasteiger partial charge in [0, 0.05) is 11.5 Å². The van der Waals surface area contributed by atoms with Crippen molar-refractivity contribution in [1.82, 2.24) is 5.32 Å². The third-order valence-corrected chi connectivity index (χ3v) is 11.3. The average molecular weight is 519 g/mol. The first-order chi connectivity index (χ1) is 18.7. The van der Waals surface area contributed by atoms with Gasteiger partial charge in [-0.3, -0.25) is 4.79 Å². The molecule has 0 aromatic heterocycles. The second kappa shape index (κ2) is 9.81. The molecule has 6 rings (SSSR count). The molecule has 0 unspecified atom stereocenters. The Hall–Kier alpha value is -3.12. The van der Waals surface area contributed by atoms with E-state index in [0.29, 0.717) is 17.8 Å². The molecule has 3 heteroatoms. The average Bonchev–Trinajstić information content (AvgIpc) is 3.30. The van der Waals surface area contributed by atoms with E-state index in [0.717, 1.165) is 55.2 Å². The maximum absolute atomic E-state index is 14.2. The summed E-state index contributed by atoms with van der Waals surface area (Å²) in [6.45, 7) is 9.09. The number of fused-ring (bicyclic) bond motifs is 5.